The van der Waals surface area contributed by atoms with Gasteiger partial charge < -0.3 is 5.11 Å². The Morgan fingerprint density at radius 3 is 2.86 bits per heavy atom. The number of carboxylic acid groups (broad SMARTS) is 1. The number of thiol groups is 1. The van der Waals surface area contributed by atoms with Gasteiger partial charge in [-0.1, -0.05) is 0 Å². The van der Waals surface area contributed by atoms with E-state index in [1.165, 1.54) is 23.5 Å². The number of thiophene rings is 1. The lowest BCUT2D eigenvalue weighted by Gasteiger charge is -1.93. The second-order valence-corrected chi connectivity index (χ2v) is 4.53. The third-order valence-corrected chi connectivity index (χ3v) is 3.32. The first-order valence-electron chi connectivity index (χ1n) is 3.74. The third kappa shape index (κ3) is 1.38. The van der Waals surface area contributed by atoms with Crippen LogP contribution in [0.4, 0.5) is 4.39 Å². The molecule has 2 rings (SSSR count). The number of rotatable bonds is 1. The molecule has 72 valence electrons. The van der Waals surface area contributed by atoms with Crippen LogP contribution in [0, 0.1) is 5.82 Å². The minimum absolute atomic E-state index is 0.0767. The van der Waals surface area contributed by atoms with Gasteiger partial charge in [-0.15, -0.1) is 24.0 Å². The molecule has 2 aromatic rings. The highest BCUT2D eigenvalue weighted by atomic mass is 32.2. The summed E-state index contributed by atoms with van der Waals surface area (Å²) in [6.45, 7) is 0. The monoisotopic (exact) mass is 228 g/mol. The summed E-state index contributed by atoms with van der Waals surface area (Å²) in [5.74, 6) is -1.52. The van der Waals surface area contributed by atoms with E-state index in [0.717, 1.165) is 4.70 Å². The maximum Gasteiger partial charge on any atom is 0.338 e. The molecule has 1 aromatic carbocycles. The highest BCUT2D eigenvalue weighted by Crippen LogP contribution is 2.34. The number of fused-ring (bicyclic) bond motifs is 1. The fourth-order valence-corrected chi connectivity index (χ4v) is 2.69. The molecule has 0 amide bonds. The van der Waals surface area contributed by atoms with E-state index in [-0.39, 0.29) is 5.56 Å². The molecule has 2 nitrogen and oxygen atoms in total. The molecule has 0 unspecified atom stereocenters. The van der Waals surface area contributed by atoms with Gasteiger partial charge >= 0.3 is 5.97 Å². The second-order valence-electron chi connectivity index (χ2n) is 2.73. The van der Waals surface area contributed by atoms with Gasteiger partial charge in [0.25, 0.3) is 0 Å². The van der Waals surface area contributed by atoms with E-state index < -0.39 is 11.8 Å². The van der Waals surface area contributed by atoms with E-state index in [1.807, 2.05) is 0 Å². The van der Waals surface area contributed by atoms with Gasteiger partial charge in [0, 0.05) is 10.1 Å². The minimum atomic E-state index is -1.08. The van der Waals surface area contributed by atoms with Crippen molar-refractivity contribution >= 4 is 40.0 Å². The van der Waals surface area contributed by atoms with Crippen LogP contribution in [0.25, 0.3) is 10.1 Å². The van der Waals surface area contributed by atoms with E-state index in [9.17, 15) is 9.18 Å². The molecule has 0 bridgehead atoms. The summed E-state index contributed by atoms with van der Waals surface area (Å²) < 4.78 is 14.0. The van der Waals surface area contributed by atoms with Crippen LogP contribution in [-0.2, 0) is 0 Å². The lowest BCUT2D eigenvalue weighted by atomic mass is 10.2. The second kappa shape index (κ2) is 3.25. The molecule has 14 heavy (non-hydrogen) atoms. The predicted octanol–water partition coefficient (Wildman–Crippen LogP) is 3.03. The number of carboxylic acids is 1. The number of hydrogen-bond donors (Lipinski definition) is 2. The number of carbonyl (C=O) groups is 1. The SMILES string of the molecule is O=C(O)c1c(S)sc2ccc(F)cc12. The van der Waals surface area contributed by atoms with Crippen molar-refractivity contribution in [3.8, 4) is 0 Å². The van der Waals surface area contributed by atoms with E-state index in [1.54, 1.807) is 6.07 Å². The van der Waals surface area contributed by atoms with Crippen LogP contribution in [0.2, 0.25) is 0 Å². The minimum Gasteiger partial charge on any atom is -0.478 e. The van der Waals surface area contributed by atoms with Gasteiger partial charge in [-0.25, -0.2) is 9.18 Å². The van der Waals surface area contributed by atoms with Gasteiger partial charge in [-0.2, -0.15) is 0 Å². The molecule has 0 aliphatic heterocycles. The molecule has 0 spiro atoms. The Hall–Kier alpha value is -1.07. The maximum atomic E-state index is 12.9. The Balaban J connectivity index is 2.86. The molecule has 1 aromatic heterocycles. The van der Waals surface area contributed by atoms with Crippen LogP contribution in [0.1, 0.15) is 10.4 Å². The average Bonchev–Trinajstić information content (AvgIpc) is 2.40. The zero-order chi connectivity index (χ0) is 10.3. The van der Waals surface area contributed by atoms with E-state index >= 15 is 0 Å². The Morgan fingerprint density at radius 2 is 2.21 bits per heavy atom. The topological polar surface area (TPSA) is 37.3 Å². The van der Waals surface area contributed by atoms with Gasteiger partial charge in [0.2, 0.25) is 0 Å². The third-order valence-electron chi connectivity index (χ3n) is 1.85. The zero-order valence-corrected chi connectivity index (χ0v) is 8.53. The van der Waals surface area contributed by atoms with Crippen molar-refractivity contribution in [3.05, 3.63) is 29.6 Å². The number of hydrogen-bond acceptors (Lipinski definition) is 3. The Labute approximate surface area is 88.4 Å². The molecule has 1 N–H and O–H groups in total. The molecule has 0 fully saturated rings. The van der Waals surface area contributed by atoms with E-state index in [0.29, 0.717) is 9.60 Å². The first kappa shape index (κ1) is 9.48. The average molecular weight is 228 g/mol. The van der Waals surface area contributed by atoms with Gasteiger partial charge in [0.05, 0.1) is 9.77 Å². The molecule has 5 heteroatoms. The molecule has 0 aliphatic carbocycles. The fraction of sp³-hybridized carbons (Fsp3) is 0. The van der Waals surface area contributed by atoms with Crippen LogP contribution >= 0.6 is 24.0 Å². The summed E-state index contributed by atoms with van der Waals surface area (Å²) in [7, 11) is 0. The van der Waals surface area contributed by atoms with Crippen LogP contribution in [0.5, 0.6) is 0 Å². The lowest BCUT2D eigenvalue weighted by molar-refractivity contribution is 0.0696. The molecule has 0 saturated carbocycles. The van der Waals surface area contributed by atoms with Gasteiger partial charge in [-0.05, 0) is 18.2 Å². The fourth-order valence-electron chi connectivity index (χ4n) is 1.26. The van der Waals surface area contributed by atoms with Crippen molar-refractivity contribution in [2.45, 2.75) is 4.21 Å². The van der Waals surface area contributed by atoms with Crippen LogP contribution in [0.3, 0.4) is 0 Å². The smallest absolute Gasteiger partial charge is 0.338 e. The van der Waals surface area contributed by atoms with E-state index in [2.05, 4.69) is 12.6 Å². The predicted molar refractivity (Wildman–Crippen MR) is 56.0 cm³/mol. The van der Waals surface area contributed by atoms with Crippen LogP contribution in [0.15, 0.2) is 22.4 Å². The Morgan fingerprint density at radius 1 is 1.50 bits per heavy atom. The Kier molecular flexibility index (Phi) is 2.20. The van der Waals surface area contributed by atoms with Gasteiger partial charge in [0.1, 0.15) is 5.82 Å². The standard InChI is InChI=1S/C9H5FO2S2/c10-4-1-2-6-5(3-4)7(8(11)12)9(13)14-6/h1-3,13H,(H,11,12). The summed E-state index contributed by atoms with van der Waals surface area (Å²) in [5.41, 5.74) is 0.0767. The van der Waals surface area contributed by atoms with Crippen molar-refractivity contribution < 1.29 is 14.3 Å². The molecule has 0 atom stereocenters. The summed E-state index contributed by atoms with van der Waals surface area (Å²) in [6, 6.07) is 4.08. The lowest BCUT2D eigenvalue weighted by Crippen LogP contribution is -1.95. The van der Waals surface area contributed by atoms with Crippen LogP contribution < -0.4 is 0 Å². The molecule has 1 heterocycles. The summed E-state index contributed by atoms with van der Waals surface area (Å²) in [6.07, 6.45) is 0. The molecule has 0 saturated heterocycles. The van der Waals surface area contributed by atoms with Crippen molar-refractivity contribution in [1.29, 1.82) is 0 Å². The summed E-state index contributed by atoms with van der Waals surface area (Å²) in [5, 5.41) is 9.29. The Bertz CT molecular complexity index is 519. The number of halogens is 1. The van der Waals surface area contributed by atoms with Crippen molar-refractivity contribution in [2.24, 2.45) is 0 Å². The maximum absolute atomic E-state index is 12.9. The van der Waals surface area contributed by atoms with Gasteiger partial charge in [0.15, 0.2) is 0 Å². The van der Waals surface area contributed by atoms with Crippen LogP contribution in [-0.4, -0.2) is 11.1 Å². The zero-order valence-electron chi connectivity index (χ0n) is 6.82. The molecule has 0 aliphatic rings. The molecular formula is C9H5FO2S2. The summed E-state index contributed by atoms with van der Waals surface area (Å²) >= 11 is 5.28. The quantitative estimate of drug-likeness (QED) is 0.736. The molecule has 0 radical (unpaired) electrons. The highest BCUT2D eigenvalue weighted by molar-refractivity contribution is 7.83. The normalized spacial score (nSPS) is 10.7. The first-order valence-corrected chi connectivity index (χ1v) is 5.00. The largest absolute Gasteiger partial charge is 0.478 e. The van der Waals surface area contributed by atoms with E-state index in [4.69, 9.17) is 5.11 Å². The number of benzene rings is 1. The first-order chi connectivity index (χ1) is 6.59. The highest BCUT2D eigenvalue weighted by Gasteiger charge is 2.16. The van der Waals surface area contributed by atoms with Crippen molar-refractivity contribution in [1.82, 2.24) is 0 Å². The van der Waals surface area contributed by atoms with Gasteiger partial charge in [-0.3, -0.25) is 0 Å². The summed E-state index contributed by atoms with van der Waals surface area (Å²) in [4.78, 5) is 10.8. The van der Waals surface area contributed by atoms with Crippen molar-refractivity contribution in [2.75, 3.05) is 0 Å². The van der Waals surface area contributed by atoms with Crippen molar-refractivity contribution in [3.63, 3.8) is 0 Å². The number of aromatic carboxylic acids is 1. The molecular weight excluding hydrogens is 223 g/mol.